The Bertz CT molecular complexity index is 836. The van der Waals surface area contributed by atoms with E-state index in [1.165, 1.54) is 12.1 Å². The number of halogens is 1. The number of ether oxygens (including phenoxy) is 1. The van der Waals surface area contributed by atoms with E-state index in [1.54, 1.807) is 17.9 Å². The summed E-state index contributed by atoms with van der Waals surface area (Å²) in [6.45, 7) is 3.51. The summed E-state index contributed by atoms with van der Waals surface area (Å²) in [6.07, 6.45) is -0.186. The molecule has 1 aliphatic heterocycles. The molecule has 0 aliphatic carbocycles. The molecule has 1 amide bonds. The van der Waals surface area contributed by atoms with Gasteiger partial charge in [0, 0.05) is 16.2 Å². The lowest BCUT2D eigenvalue weighted by Gasteiger charge is -2.26. The van der Waals surface area contributed by atoms with Crippen LogP contribution in [0.4, 0.5) is 5.69 Å². The Morgan fingerprint density at radius 3 is 2.76 bits per heavy atom. The van der Waals surface area contributed by atoms with E-state index in [0.29, 0.717) is 4.47 Å². The first-order valence-corrected chi connectivity index (χ1v) is 8.78. The van der Waals surface area contributed by atoms with Crippen molar-refractivity contribution in [2.75, 3.05) is 4.90 Å². The summed E-state index contributed by atoms with van der Waals surface area (Å²) < 4.78 is 5.94. The first-order valence-electron chi connectivity index (χ1n) is 7.99. The fraction of sp³-hybridized carbons (Fsp3) is 0.263. The van der Waals surface area contributed by atoms with E-state index in [0.717, 1.165) is 17.7 Å². The van der Waals surface area contributed by atoms with Crippen molar-refractivity contribution >= 4 is 33.5 Å². The quantitative estimate of drug-likeness (QED) is 0.793. The lowest BCUT2D eigenvalue weighted by atomic mass is 10.1. The fourth-order valence-corrected chi connectivity index (χ4v) is 3.40. The van der Waals surface area contributed by atoms with E-state index in [9.17, 15) is 14.7 Å². The van der Waals surface area contributed by atoms with Crippen molar-refractivity contribution in [3.8, 4) is 5.75 Å². The van der Waals surface area contributed by atoms with Gasteiger partial charge >= 0.3 is 5.97 Å². The number of phenolic OH excluding ortho intramolecular Hbond substituents is 1. The molecule has 0 bridgehead atoms. The lowest BCUT2D eigenvalue weighted by Crippen LogP contribution is -2.43. The zero-order valence-electron chi connectivity index (χ0n) is 13.9. The van der Waals surface area contributed by atoms with Gasteiger partial charge in [-0.05, 0) is 50.1 Å². The van der Waals surface area contributed by atoms with Crippen LogP contribution in [-0.2, 0) is 16.0 Å². The van der Waals surface area contributed by atoms with Crippen LogP contribution in [0.15, 0.2) is 46.9 Å². The number of carbonyl (C=O) groups excluding carboxylic acids is 2. The number of nitrogens with zero attached hydrogens (tertiary/aromatic N) is 1. The molecule has 0 radical (unpaired) electrons. The van der Waals surface area contributed by atoms with Crippen LogP contribution in [0.3, 0.4) is 0 Å². The molecule has 0 saturated heterocycles. The van der Waals surface area contributed by atoms with Gasteiger partial charge in [0.15, 0.2) is 6.10 Å². The van der Waals surface area contributed by atoms with Crippen LogP contribution in [0.1, 0.15) is 29.8 Å². The van der Waals surface area contributed by atoms with Crippen molar-refractivity contribution in [2.24, 2.45) is 0 Å². The van der Waals surface area contributed by atoms with Gasteiger partial charge in [0.25, 0.3) is 5.91 Å². The number of para-hydroxylation sites is 1. The van der Waals surface area contributed by atoms with Gasteiger partial charge in [0.05, 0.1) is 0 Å². The number of carbonyl (C=O) groups is 2. The minimum Gasteiger partial charge on any atom is -0.507 e. The van der Waals surface area contributed by atoms with E-state index < -0.39 is 12.1 Å². The molecule has 0 spiro atoms. The molecule has 0 fully saturated rings. The Balaban J connectivity index is 1.77. The molecule has 1 aliphatic rings. The van der Waals surface area contributed by atoms with Gasteiger partial charge in [-0.25, -0.2) is 4.79 Å². The summed E-state index contributed by atoms with van der Waals surface area (Å²) in [4.78, 5) is 26.8. The molecule has 0 unspecified atom stereocenters. The van der Waals surface area contributed by atoms with Gasteiger partial charge in [0.1, 0.15) is 11.3 Å². The average Bonchev–Trinajstić information content (AvgIpc) is 2.91. The third-order valence-corrected chi connectivity index (χ3v) is 4.75. The second-order valence-corrected chi connectivity index (χ2v) is 7.01. The maximum Gasteiger partial charge on any atom is 0.342 e. The standard InChI is InChI=1S/C19H18BrNO4/c1-11-9-13-5-3-4-6-16(13)21(11)18(23)12(2)25-19(24)15-10-14(20)7-8-17(15)22/h3-8,10-12,22H,9H2,1-2H3/t11-,12-/m0/s1. The van der Waals surface area contributed by atoms with Crippen molar-refractivity contribution in [2.45, 2.75) is 32.4 Å². The Labute approximate surface area is 154 Å². The lowest BCUT2D eigenvalue weighted by molar-refractivity contribution is -0.126. The van der Waals surface area contributed by atoms with Crippen LogP contribution in [0.2, 0.25) is 0 Å². The van der Waals surface area contributed by atoms with Gasteiger partial charge in [-0.1, -0.05) is 34.1 Å². The number of aromatic hydroxyl groups is 1. The molecular formula is C19H18BrNO4. The number of rotatable bonds is 3. The summed E-state index contributed by atoms with van der Waals surface area (Å²) in [5, 5.41) is 9.82. The molecule has 130 valence electrons. The van der Waals surface area contributed by atoms with Gasteiger partial charge in [-0.2, -0.15) is 0 Å². The van der Waals surface area contributed by atoms with Crippen molar-refractivity contribution in [3.63, 3.8) is 0 Å². The number of fused-ring (bicyclic) bond motifs is 1. The van der Waals surface area contributed by atoms with E-state index >= 15 is 0 Å². The highest BCUT2D eigenvalue weighted by Gasteiger charge is 2.34. The maximum atomic E-state index is 12.8. The number of esters is 1. The predicted molar refractivity (Wildman–Crippen MR) is 97.8 cm³/mol. The van der Waals surface area contributed by atoms with Crippen molar-refractivity contribution < 1.29 is 19.4 Å². The predicted octanol–water partition coefficient (Wildman–Crippen LogP) is 3.68. The van der Waals surface area contributed by atoms with Gasteiger partial charge in [0.2, 0.25) is 0 Å². The average molecular weight is 404 g/mol. The molecule has 25 heavy (non-hydrogen) atoms. The number of benzene rings is 2. The molecular weight excluding hydrogens is 386 g/mol. The Hall–Kier alpha value is -2.34. The Morgan fingerprint density at radius 1 is 1.28 bits per heavy atom. The number of phenols is 1. The van der Waals surface area contributed by atoms with Crippen LogP contribution in [-0.4, -0.2) is 29.1 Å². The first-order chi connectivity index (χ1) is 11.9. The number of amides is 1. The minimum absolute atomic E-state index is 0.00493. The first kappa shape index (κ1) is 17.5. The van der Waals surface area contributed by atoms with Crippen LogP contribution in [0, 0.1) is 0 Å². The number of anilines is 1. The van der Waals surface area contributed by atoms with Crippen molar-refractivity contribution in [3.05, 3.63) is 58.1 Å². The molecule has 2 aromatic carbocycles. The molecule has 2 atom stereocenters. The van der Waals surface area contributed by atoms with Gasteiger partial charge in [-0.15, -0.1) is 0 Å². The molecule has 5 nitrogen and oxygen atoms in total. The third-order valence-electron chi connectivity index (χ3n) is 4.25. The van der Waals surface area contributed by atoms with E-state index in [-0.39, 0.29) is 23.3 Å². The summed E-state index contributed by atoms with van der Waals surface area (Å²) in [5.41, 5.74) is 1.98. The highest BCUT2D eigenvalue weighted by molar-refractivity contribution is 9.10. The summed E-state index contributed by atoms with van der Waals surface area (Å²) >= 11 is 3.25. The smallest absolute Gasteiger partial charge is 0.342 e. The molecule has 1 N–H and O–H groups in total. The monoisotopic (exact) mass is 403 g/mol. The normalized spacial score (nSPS) is 17.1. The number of hydrogen-bond donors (Lipinski definition) is 1. The third kappa shape index (κ3) is 3.39. The largest absolute Gasteiger partial charge is 0.507 e. The second-order valence-electron chi connectivity index (χ2n) is 6.10. The highest BCUT2D eigenvalue weighted by atomic mass is 79.9. The van der Waals surface area contributed by atoms with Crippen LogP contribution in [0.5, 0.6) is 5.75 Å². The van der Waals surface area contributed by atoms with Crippen LogP contribution < -0.4 is 4.90 Å². The Morgan fingerprint density at radius 2 is 2.00 bits per heavy atom. The van der Waals surface area contributed by atoms with Crippen molar-refractivity contribution in [1.82, 2.24) is 0 Å². The summed E-state index contributed by atoms with van der Waals surface area (Å²) in [7, 11) is 0. The van der Waals surface area contributed by atoms with Crippen molar-refractivity contribution in [1.29, 1.82) is 0 Å². The van der Waals surface area contributed by atoms with Crippen LogP contribution in [0.25, 0.3) is 0 Å². The SMILES string of the molecule is C[C@H](OC(=O)c1cc(Br)ccc1O)C(=O)N1c2ccccc2C[C@@H]1C. The van der Waals surface area contributed by atoms with Gasteiger partial charge in [-0.3, -0.25) is 4.79 Å². The summed E-state index contributed by atoms with van der Waals surface area (Å²) in [6, 6.07) is 12.2. The number of hydrogen-bond acceptors (Lipinski definition) is 4. The molecule has 0 saturated carbocycles. The zero-order chi connectivity index (χ0) is 18.1. The van der Waals surface area contributed by atoms with E-state index in [2.05, 4.69) is 15.9 Å². The zero-order valence-corrected chi connectivity index (χ0v) is 15.5. The molecule has 0 aromatic heterocycles. The van der Waals surface area contributed by atoms with E-state index in [4.69, 9.17) is 4.74 Å². The molecule has 2 aromatic rings. The summed E-state index contributed by atoms with van der Waals surface area (Å²) in [5.74, 6) is -1.20. The maximum absolute atomic E-state index is 12.8. The van der Waals surface area contributed by atoms with Crippen LogP contribution >= 0.6 is 15.9 Å². The highest BCUT2D eigenvalue weighted by Crippen LogP contribution is 2.32. The second kappa shape index (κ2) is 6.88. The Kier molecular flexibility index (Phi) is 4.81. The molecule has 6 heteroatoms. The minimum atomic E-state index is -0.959. The molecule has 1 heterocycles. The van der Waals surface area contributed by atoms with E-state index in [1.807, 2.05) is 31.2 Å². The fourth-order valence-electron chi connectivity index (χ4n) is 3.04. The molecule has 3 rings (SSSR count). The topological polar surface area (TPSA) is 66.8 Å². The van der Waals surface area contributed by atoms with Gasteiger partial charge < -0.3 is 14.7 Å².